The Balaban J connectivity index is 1.91. The molecule has 1 atom stereocenters. The van der Waals surface area contributed by atoms with Crippen LogP contribution in [0.3, 0.4) is 0 Å². The molecule has 0 fully saturated rings. The number of ether oxygens (including phenoxy) is 1. The zero-order valence-corrected chi connectivity index (χ0v) is 23.3. The second-order valence-electron chi connectivity index (χ2n) is 8.86. The maximum atomic E-state index is 13.6. The molecule has 0 saturated carbocycles. The van der Waals surface area contributed by atoms with Crippen LogP contribution in [0, 0.1) is 5.92 Å². The molecule has 0 aromatic heterocycles. The van der Waals surface area contributed by atoms with E-state index in [0.717, 1.165) is 11.1 Å². The van der Waals surface area contributed by atoms with Crippen molar-refractivity contribution in [1.29, 1.82) is 0 Å². The molecular formula is C28H29BrCl2N2O3. The van der Waals surface area contributed by atoms with Crippen molar-refractivity contribution < 1.29 is 14.3 Å². The summed E-state index contributed by atoms with van der Waals surface area (Å²) in [7, 11) is 0. The standard InChI is InChI=1S/C28H29BrCl2N2O3/c1-19(2)16-32-28(35)25(14-20-7-4-3-5-8-20)33(17-21-9-6-10-22(30)13-21)27(34)18-36-26-12-11-23(31)15-24(26)29/h3-13,15,19,25H,14,16-18H2,1-2H3,(H,32,35)/t25-/m0/s1. The van der Waals surface area contributed by atoms with Gasteiger partial charge in [-0.1, -0.05) is 79.5 Å². The highest BCUT2D eigenvalue weighted by atomic mass is 79.9. The van der Waals surface area contributed by atoms with Crippen molar-refractivity contribution >= 4 is 50.9 Å². The van der Waals surface area contributed by atoms with Gasteiger partial charge in [-0.2, -0.15) is 0 Å². The zero-order chi connectivity index (χ0) is 26.1. The van der Waals surface area contributed by atoms with Crippen molar-refractivity contribution in [2.24, 2.45) is 5.92 Å². The second-order valence-corrected chi connectivity index (χ2v) is 10.6. The van der Waals surface area contributed by atoms with Crippen molar-refractivity contribution in [3.8, 4) is 5.75 Å². The smallest absolute Gasteiger partial charge is 0.261 e. The molecule has 0 bridgehead atoms. The minimum absolute atomic E-state index is 0.205. The van der Waals surface area contributed by atoms with E-state index in [4.69, 9.17) is 27.9 Å². The number of benzene rings is 3. The molecule has 0 aliphatic rings. The largest absolute Gasteiger partial charge is 0.483 e. The third kappa shape index (κ3) is 8.54. The monoisotopic (exact) mass is 590 g/mol. The molecule has 3 aromatic carbocycles. The Labute approximate surface area is 230 Å². The lowest BCUT2D eigenvalue weighted by Gasteiger charge is -2.31. The molecule has 0 aliphatic carbocycles. The van der Waals surface area contributed by atoms with Crippen LogP contribution in [-0.2, 0) is 22.6 Å². The fourth-order valence-electron chi connectivity index (χ4n) is 3.62. The van der Waals surface area contributed by atoms with Crippen molar-refractivity contribution in [2.75, 3.05) is 13.2 Å². The van der Waals surface area contributed by atoms with Crippen LogP contribution in [0.2, 0.25) is 10.0 Å². The van der Waals surface area contributed by atoms with E-state index >= 15 is 0 Å². The van der Waals surface area contributed by atoms with Gasteiger partial charge in [0.2, 0.25) is 5.91 Å². The molecule has 190 valence electrons. The van der Waals surface area contributed by atoms with Crippen molar-refractivity contribution in [3.05, 3.63) is 98.4 Å². The van der Waals surface area contributed by atoms with E-state index in [-0.39, 0.29) is 30.9 Å². The molecule has 36 heavy (non-hydrogen) atoms. The zero-order valence-electron chi connectivity index (χ0n) is 20.2. The van der Waals surface area contributed by atoms with Gasteiger partial charge in [-0.25, -0.2) is 0 Å². The first-order valence-electron chi connectivity index (χ1n) is 11.7. The van der Waals surface area contributed by atoms with Crippen molar-refractivity contribution in [3.63, 3.8) is 0 Å². The van der Waals surface area contributed by atoms with Gasteiger partial charge in [-0.3, -0.25) is 9.59 Å². The average molecular weight is 592 g/mol. The Morgan fingerprint density at radius 3 is 2.31 bits per heavy atom. The normalized spacial score (nSPS) is 11.7. The fourth-order valence-corrected chi connectivity index (χ4v) is 4.63. The van der Waals surface area contributed by atoms with E-state index in [1.54, 1.807) is 35.2 Å². The maximum absolute atomic E-state index is 13.6. The van der Waals surface area contributed by atoms with E-state index in [1.807, 2.05) is 56.3 Å². The number of hydrogen-bond acceptors (Lipinski definition) is 3. The Kier molecular flexibility index (Phi) is 10.7. The topological polar surface area (TPSA) is 58.6 Å². The van der Waals surface area contributed by atoms with Gasteiger partial charge in [-0.15, -0.1) is 0 Å². The third-order valence-corrected chi connectivity index (χ3v) is 6.53. The summed E-state index contributed by atoms with van der Waals surface area (Å²) in [4.78, 5) is 28.6. The van der Waals surface area contributed by atoms with Gasteiger partial charge >= 0.3 is 0 Å². The number of nitrogens with one attached hydrogen (secondary N) is 1. The molecule has 2 amide bonds. The molecule has 0 heterocycles. The molecule has 3 rings (SSSR count). The Morgan fingerprint density at radius 2 is 1.64 bits per heavy atom. The number of carbonyl (C=O) groups excluding carboxylic acids is 2. The van der Waals surface area contributed by atoms with Crippen molar-refractivity contribution in [1.82, 2.24) is 10.2 Å². The summed E-state index contributed by atoms with van der Waals surface area (Å²) in [5, 5.41) is 4.11. The van der Waals surface area contributed by atoms with Gasteiger partial charge in [0.15, 0.2) is 6.61 Å². The highest BCUT2D eigenvalue weighted by Gasteiger charge is 2.31. The highest BCUT2D eigenvalue weighted by molar-refractivity contribution is 9.10. The summed E-state index contributed by atoms with van der Waals surface area (Å²) in [5.74, 6) is 0.223. The number of halogens is 3. The minimum atomic E-state index is -0.741. The molecule has 0 aliphatic heterocycles. The lowest BCUT2D eigenvalue weighted by Crippen LogP contribution is -2.52. The summed E-state index contributed by atoms with van der Waals surface area (Å²) < 4.78 is 6.46. The number of amides is 2. The predicted molar refractivity (Wildman–Crippen MR) is 148 cm³/mol. The van der Waals surface area contributed by atoms with Gasteiger partial charge in [0.05, 0.1) is 4.47 Å². The Bertz CT molecular complexity index is 1170. The van der Waals surface area contributed by atoms with Crippen LogP contribution < -0.4 is 10.1 Å². The fraction of sp³-hybridized carbons (Fsp3) is 0.286. The highest BCUT2D eigenvalue weighted by Crippen LogP contribution is 2.28. The molecule has 0 radical (unpaired) electrons. The molecule has 0 saturated heterocycles. The van der Waals surface area contributed by atoms with Gasteiger partial charge in [0.1, 0.15) is 11.8 Å². The Hall–Kier alpha value is -2.54. The van der Waals surface area contributed by atoms with Crippen LogP contribution in [0.1, 0.15) is 25.0 Å². The number of rotatable bonds is 11. The van der Waals surface area contributed by atoms with Gasteiger partial charge in [0, 0.05) is 29.6 Å². The molecule has 0 unspecified atom stereocenters. The van der Waals surface area contributed by atoms with E-state index in [9.17, 15) is 9.59 Å². The number of hydrogen-bond donors (Lipinski definition) is 1. The van der Waals surface area contributed by atoms with Gasteiger partial charge < -0.3 is 15.0 Å². The third-order valence-electron chi connectivity index (χ3n) is 5.44. The van der Waals surface area contributed by atoms with E-state index < -0.39 is 6.04 Å². The maximum Gasteiger partial charge on any atom is 0.261 e. The molecule has 1 N–H and O–H groups in total. The average Bonchev–Trinajstić information content (AvgIpc) is 2.84. The first kappa shape index (κ1) is 28.0. The summed E-state index contributed by atoms with van der Waals surface area (Å²) in [5.41, 5.74) is 1.77. The lowest BCUT2D eigenvalue weighted by molar-refractivity contribution is -0.142. The summed E-state index contributed by atoms with van der Waals surface area (Å²) in [6.07, 6.45) is 0.363. The van der Waals surface area contributed by atoms with Crippen molar-refractivity contribution in [2.45, 2.75) is 32.9 Å². The Morgan fingerprint density at radius 1 is 0.944 bits per heavy atom. The lowest BCUT2D eigenvalue weighted by atomic mass is 10.0. The first-order valence-corrected chi connectivity index (χ1v) is 13.2. The van der Waals surface area contributed by atoms with Crippen LogP contribution >= 0.6 is 39.1 Å². The minimum Gasteiger partial charge on any atom is -0.483 e. The molecule has 0 spiro atoms. The van der Waals surface area contributed by atoms with Crippen LogP contribution in [0.4, 0.5) is 0 Å². The van der Waals surface area contributed by atoms with Crippen LogP contribution in [-0.4, -0.2) is 35.9 Å². The van der Waals surface area contributed by atoms with E-state index in [0.29, 0.717) is 33.2 Å². The van der Waals surface area contributed by atoms with Crippen LogP contribution in [0.15, 0.2) is 77.3 Å². The van der Waals surface area contributed by atoms with E-state index in [2.05, 4.69) is 21.2 Å². The molecule has 5 nitrogen and oxygen atoms in total. The molecule has 8 heteroatoms. The number of carbonyl (C=O) groups is 2. The number of nitrogens with zero attached hydrogens (tertiary/aromatic N) is 1. The molecular weight excluding hydrogens is 563 g/mol. The SMILES string of the molecule is CC(C)CNC(=O)[C@H](Cc1ccccc1)N(Cc1cccc(Cl)c1)C(=O)COc1ccc(Cl)cc1Br. The summed E-state index contributed by atoms with van der Waals surface area (Å²) in [6, 6.07) is 21.3. The van der Waals surface area contributed by atoms with Gasteiger partial charge in [-0.05, 0) is 63.3 Å². The van der Waals surface area contributed by atoms with Crippen LogP contribution in [0.5, 0.6) is 5.75 Å². The summed E-state index contributed by atoms with van der Waals surface area (Å²) >= 11 is 15.6. The second kappa shape index (κ2) is 13.7. The molecule has 3 aromatic rings. The summed E-state index contributed by atoms with van der Waals surface area (Å²) in [6.45, 7) is 4.52. The quantitative estimate of drug-likeness (QED) is 0.275. The van der Waals surface area contributed by atoms with Gasteiger partial charge in [0.25, 0.3) is 5.91 Å². The van der Waals surface area contributed by atoms with E-state index in [1.165, 1.54) is 0 Å². The first-order chi connectivity index (χ1) is 17.2. The predicted octanol–water partition coefficient (Wildman–Crippen LogP) is 6.55. The van der Waals surface area contributed by atoms with Crippen LogP contribution in [0.25, 0.3) is 0 Å².